The number of rotatable bonds is 13. The molecule has 0 aliphatic rings. The molecule has 0 aromatic heterocycles. The van der Waals surface area contributed by atoms with E-state index in [1.165, 1.54) is 17.7 Å². The maximum Gasteiger partial charge on any atom is 0.241 e. The van der Waals surface area contributed by atoms with Crippen LogP contribution in [0.5, 0.6) is 5.75 Å². The molecular formula is C27H29N3O4S. The molecule has 3 aromatic carbocycles. The van der Waals surface area contributed by atoms with Gasteiger partial charge in [-0.05, 0) is 61.1 Å². The van der Waals surface area contributed by atoms with Crippen LogP contribution in [0.4, 0.5) is 0 Å². The normalized spacial score (nSPS) is 11.9. The van der Waals surface area contributed by atoms with E-state index in [2.05, 4.69) is 22.2 Å². The first-order valence-electron chi connectivity index (χ1n) is 11.5. The summed E-state index contributed by atoms with van der Waals surface area (Å²) in [5, 5.41) is 11.5. The predicted molar refractivity (Wildman–Crippen MR) is 134 cm³/mol. The molecule has 0 fully saturated rings. The summed E-state index contributed by atoms with van der Waals surface area (Å²) in [6.45, 7) is 0.391. The van der Waals surface area contributed by atoms with Crippen molar-refractivity contribution < 1.29 is 17.9 Å². The zero-order valence-electron chi connectivity index (χ0n) is 19.4. The van der Waals surface area contributed by atoms with Crippen LogP contribution in [0, 0.1) is 11.3 Å². The van der Waals surface area contributed by atoms with Gasteiger partial charge < -0.3 is 10.1 Å². The number of unbranched alkanes of at least 4 members (excludes halogenated alkanes) is 1. The van der Waals surface area contributed by atoms with Crippen molar-refractivity contribution in [2.75, 3.05) is 13.2 Å². The quantitative estimate of drug-likeness (QED) is 0.355. The number of nitriles is 1. The van der Waals surface area contributed by atoms with Crippen LogP contribution in [0.3, 0.4) is 0 Å². The Morgan fingerprint density at radius 3 is 2.20 bits per heavy atom. The molecule has 182 valence electrons. The van der Waals surface area contributed by atoms with Gasteiger partial charge in [0.15, 0.2) is 6.61 Å². The number of benzene rings is 3. The maximum atomic E-state index is 13.0. The molecule has 0 spiro atoms. The number of amides is 1. The number of nitrogens with one attached hydrogen (secondary N) is 2. The summed E-state index contributed by atoms with van der Waals surface area (Å²) in [7, 11) is -3.89. The SMILES string of the molecule is N#CCOc1ccc(C[C@H](NS(=O)(=O)c2ccccc2)C(=O)NCCCCc2ccccc2)cc1. The lowest BCUT2D eigenvalue weighted by Gasteiger charge is -2.19. The molecule has 2 N–H and O–H groups in total. The Morgan fingerprint density at radius 1 is 0.886 bits per heavy atom. The predicted octanol–water partition coefficient (Wildman–Crippen LogP) is 3.62. The van der Waals surface area contributed by atoms with Gasteiger partial charge in [0.2, 0.25) is 15.9 Å². The minimum Gasteiger partial charge on any atom is -0.479 e. The molecule has 0 aliphatic carbocycles. The fraction of sp³-hybridized carbons (Fsp3) is 0.259. The fourth-order valence-electron chi connectivity index (χ4n) is 3.55. The summed E-state index contributed by atoms with van der Waals surface area (Å²) < 4.78 is 33.6. The average Bonchev–Trinajstić information content (AvgIpc) is 2.88. The average molecular weight is 492 g/mol. The highest BCUT2D eigenvalue weighted by Gasteiger charge is 2.26. The highest BCUT2D eigenvalue weighted by molar-refractivity contribution is 7.89. The van der Waals surface area contributed by atoms with Crippen molar-refractivity contribution in [1.82, 2.24) is 10.0 Å². The second-order valence-corrected chi connectivity index (χ2v) is 9.73. The topological polar surface area (TPSA) is 108 Å². The molecule has 0 heterocycles. The molecule has 3 rings (SSSR count). The van der Waals surface area contributed by atoms with Crippen LogP contribution in [0.25, 0.3) is 0 Å². The Balaban J connectivity index is 1.63. The molecule has 0 radical (unpaired) electrons. The first-order chi connectivity index (χ1) is 17.0. The molecule has 0 aliphatic heterocycles. The molecule has 3 aromatic rings. The van der Waals surface area contributed by atoms with Crippen LogP contribution in [0.15, 0.2) is 89.8 Å². The minimum atomic E-state index is -3.89. The number of carbonyl (C=O) groups excluding carboxylic acids is 1. The Labute approximate surface area is 206 Å². The van der Waals surface area contributed by atoms with Crippen molar-refractivity contribution in [1.29, 1.82) is 5.26 Å². The molecule has 0 bridgehead atoms. The number of carbonyl (C=O) groups is 1. The molecule has 0 unspecified atom stereocenters. The lowest BCUT2D eigenvalue weighted by molar-refractivity contribution is -0.122. The number of aryl methyl sites for hydroxylation is 1. The van der Waals surface area contributed by atoms with Crippen molar-refractivity contribution in [3.05, 3.63) is 96.1 Å². The summed E-state index contributed by atoms with van der Waals surface area (Å²) in [6, 6.07) is 25.9. The van der Waals surface area contributed by atoms with E-state index >= 15 is 0 Å². The van der Waals surface area contributed by atoms with Crippen LogP contribution >= 0.6 is 0 Å². The number of nitrogens with zero attached hydrogens (tertiary/aromatic N) is 1. The lowest BCUT2D eigenvalue weighted by atomic mass is 10.1. The van der Waals surface area contributed by atoms with Gasteiger partial charge in [-0.3, -0.25) is 4.79 Å². The summed E-state index contributed by atoms with van der Waals surface area (Å²) in [5.74, 6) is 0.147. The largest absolute Gasteiger partial charge is 0.479 e. The lowest BCUT2D eigenvalue weighted by Crippen LogP contribution is -2.48. The van der Waals surface area contributed by atoms with E-state index in [4.69, 9.17) is 10.00 Å². The van der Waals surface area contributed by atoms with Gasteiger partial charge in [-0.15, -0.1) is 0 Å². The van der Waals surface area contributed by atoms with Crippen molar-refractivity contribution in [3.8, 4) is 11.8 Å². The summed E-state index contributed by atoms with van der Waals surface area (Å²) in [5.41, 5.74) is 2.00. The van der Waals surface area contributed by atoms with E-state index < -0.39 is 16.1 Å². The fourth-order valence-corrected chi connectivity index (χ4v) is 4.77. The molecule has 0 saturated heterocycles. The van der Waals surface area contributed by atoms with Gasteiger partial charge in [-0.25, -0.2) is 8.42 Å². The monoisotopic (exact) mass is 491 g/mol. The Hall–Kier alpha value is -3.67. The molecular weight excluding hydrogens is 462 g/mol. The zero-order valence-corrected chi connectivity index (χ0v) is 20.2. The maximum absolute atomic E-state index is 13.0. The number of sulfonamides is 1. The van der Waals surface area contributed by atoms with E-state index in [1.807, 2.05) is 24.3 Å². The number of ether oxygens (including phenoxy) is 1. The highest BCUT2D eigenvalue weighted by atomic mass is 32.2. The van der Waals surface area contributed by atoms with Gasteiger partial charge in [-0.2, -0.15) is 9.98 Å². The number of hydrogen-bond donors (Lipinski definition) is 2. The van der Waals surface area contributed by atoms with E-state index in [-0.39, 0.29) is 23.8 Å². The van der Waals surface area contributed by atoms with Crippen LogP contribution in [0.2, 0.25) is 0 Å². The second kappa shape index (κ2) is 13.3. The molecule has 1 atom stereocenters. The Bertz CT molecular complexity index is 1210. The summed E-state index contributed by atoms with van der Waals surface area (Å²) in [4.78, 5) is 13.1. The van der Waals surface area contributed by atoms with Crippen LogP contribution < -0.4 is 14.8 Å². The van der Waals surface area contributed by atoms with Gasteiger partial charge >= 0.3 is 0 Å². The first-order valence-corrected chi connectivity index (χ1v) is 12.9. The third kappa shape index (κ3) is 8.56. The Morgan fingerprint density at radius 2 is 1.54 bits per heavy atom. The minimum absolute atomic E-state index is 0.0640. The van der Waals surface area contributed by atoms with Gasteiger partial charge in [0.05, 0.1) is 4.90 Å². The van der Waals surface area contributed by atoms with E-state index in [9.17, 15) is 13.2 Å². The Kier molecular flexibility index (Phi) is 9.84. The van der Waals surface area contributed by atoms with Crippen molar-refractivity contribution in [2.45, 2.75) is 36.6 Å². The first kappa shape index (κ1) is 25.9. The van der Waals surface area contributed by atoms with Crippen LogP contribution in [-0.4, -0.2) is 33.5 Å². The van der Waals surface area contributed by atoms with Crippen LogP contribution in [0.1, 0.15) is 24.0 Å². The third-order valence-electron chi connectivity index (χ3n) is 5.37. The zero-order chi connectivity index (χ0) is 24.9. The number of hydrogen-bond acceptors (Lipinski definition) is 5. The van der Waals surface area contributed by atoms with Crippen molar-refractivity contribution in [2.24, 2.45) is 0 Å². The molecule has 0 saturated carbocycles. The van der Waals surface area contributed by atoms with Crippen LogP contribution in [-0.2, 0) is 27.7 Å². The van der Waals surface area contributed by atoms with Gasteiger partial charge in [-0.1, -0.05) is 60.7 Å². The van der Waals surface area contributed by atoms with Gasteiger partial charge in [0, 0.05) is 6.54 Å². The smallest absolute Gasteiger partial charge is 0.241 e. The van der Waals surface area contributed by atoms with E-state index in [1.54, 1.807) is 42.5 Å². The van der Waals surface area contributed by atoms with Crippen molar-refractivity contribution >= 4 is 15.9 Å². The van der Waals surface area contributed by atoms with Gasteiger partial charge in [0.1, 0.15) is 17.9 Å². The van der Waals surface area contributed by atoms with Gasteiger partial charge in [0.25, 0.3) is 0 Å². The molecule has 8 heteroatoms. The van der Waals surface area contributed by atoms with Crippen molar-refractivity contribution in [3.63, 3.8) is 0 Å². The molecule has 35 heavy (non-hydrogen) atoms. The summed E-state index contributed by atoms with van der Waals surface area (Å²) in [6.07, 6.45) is 2.78. The summed E-state index contributed by atoms with van der Waals surface area (Å²) >= 11 is 0. The second-order valence-electron chi connectivity index (χ2n) is 8.02. The molecule has 1 amide bonds. The third-order valence-corrected chi connectivity index (χ3v) is 6.86. The highest BCUT2D eigenvalue weighted by Crippen LogP contribution is 2.15. The standard InChI is InChI=1S/C27H29N3O4S/c28-18-20-34-24-16-14-23(15-17-24)21-26(30-35(32,33)25-12-5-2-6-13-25)27(31)29-19-8-7-11-22-9-3-1-4-10-22/h1-6,9-10,12-17,26,30H,7-8,11,19-21H2,(H,29,31)/t26-/m0/s1. The van der Waals surface area contributed by atoms with E-state index in [0.29, 0.717) is 12.3 Å². The van der Waals surface area contributed by atoms with E-state index in [0.717, 1.165) is 24.8 Å². The molecule has 7 nitrogen and oxygen atoms in total.